The van der Waals surface area contributed by atoms with E-state index in [1.165, 1.54) is 12.8 Å². The van der Waals surface area contributed by atoms with Gasteiger partial charge in [-0.2, -0.15) is 10.2 Å². The lowest BCUT2D eigenvalue weighted by Crippen LogP contribution is -2.34. The van der Waals surface area contributed by atoms with Crippen molar-refractivity contribution in [1.82, 2.24) is 0 Å². The summed E-state index contributed by atoms with van der Waals surface area (Å²) in [6, 6.07) is 0. The monoisotopic (exact) mass is 210 g/mol. The van der Waals surface area contributed by atoms with E-state index in [2.05, 4.69) is 17.2 Å². The van der Waals surface area contributed by atoms with Crippen LogP contribution in [0.3, 0.4) is 0 Å². The Hall–Kier alpha value is -0.930. The molecule has 4 heteroatoms. The summed E-state index contributed by atoms with van der Waals surface area (Å²) in [7, 11) is 0. The maximum Gasteiger partial charge on any atom is 0.336 e. The van der Waals surface area contributed by atoms with Crippen LogP contribution >= 0.6 is 0 Å². The van der Waals surface area contributed by atoms with Crippen molar-refractivity contribution in [1.29, 1.82) is 0 Å². The number of rotatable bonds is 4. The van der Waals surface area contributed by atoms with Crippen molar-refractivity contribution < 1.29 is 9.53 Å². The molecule has 0 aromatic heterocycles. The molecule has 0 unspecified atom stereocenters. The Balaban J connectivity index is 1.97. The van der Waals surface area contributed by atoms with Crippen LogP contribution in [-0.2, 0) is 9.53 Å². The number of ether oxygens (including phenoxy) is 1. The van der Waals surface area contributed by atoms with Gasteiger partial charge in [-0.3, -0.25) is 0 Å². The molecule has 2 heterocycles. The van der Waals surface area contributed by atoms with Crippen molar-refractivity contribution in [3.63, 3.8) is 0 Å². The minimum absolute atomic E-state index is 0.0454. The zero-order chi connectivity index (χ0) is 10.9. The van der Waals surface area contributed by atoms with Crippen LogP contribution in [-0.4, -0.2) is 24.2 Å². The molecule has 2 aliphatic rings. The minimum Gasteiger partial charge on any atom is -0.460 e. The quantitative estimate of drug-likeness (QED) is 0.528. The summed E-state index contributed by atoms with van der Waals surface area (Å²) in [4.78, 5) is 11.6. The molecule has 0 saturated carbocycles. The molecule has 1 fully saturated rings. The summed E-state index contributed by atoms with van der Waals surface area (Å²) < 4.78 is 5.39. The predicted octanol–water partition coefficient (Wildman–Crippen LogP) is 2.33. The number of cyclic esters (lactones) is 1. The highest BCUT2D eigenvalue weighted by atomic mass is 16.6. The molecule has 84 valence electrons. The molecule has 0 radical (unpaired) electrons. The van der Waals surface area contributed by atoms with Crippen molar-refractivity contribution in [2.24, 2.45) is 16.1 Å². The van der Waals surface area contributed by atoms with Gasteiger partial charge in [0.2, 0.25) is 0 Å². The van der Waals surface area contributed by atoms with E-state index in [1.807, 2.05) is 6.92 Å². The third-order valence-corrected chi connectivity index (χ3v) is 3.49. The van der Waals surface area contributed by atoms with Crippen molar-refractivity contribution in [3.05, 3.63) is 0 Å². The third kappa shape index (κ3) is 1.66. The Morgan fingerprint density at radius 1 is 1.53 bits per heavy atom. The highest BCUT2D eigenvalue weighted by Gasteiger charge is 2.56. The maximum absolute atomic E-state index is 11.6. The summed E-state index contributed by atoms with van der Waals surface area (Å²) in [5.41, 5.74) is -0.670. The molecule has 15 heavy (non-hydrogen) atoms. The van der Waals surface area contributed by atoms with Gasteiger partial charge < -0.3 is 4.74 Å². The second-order valence-corrected chi connectivity index (χ2v) is 4.62. The van der Waals surface area contributed by atoms with Gasteiger partial charge in [-0.15, -0.1) is 0 Å². The Morgan fingerprint density at radius 2 is 2.33 bits per heavy atom. The van der Waals surface area contributed by atoms with E-state index < -0.39 is 5.54 Å². The molecule has 0 aromatic carbocycles. The number of fused-ring (bicyclic) bond motifs is 1. The first-order valence-electron chi connectivity index (χ1n) is 5.78. The molecule has 1 saturated heterocycles. The van der Waals surface area contributed by atoms with Gasteiger partial charge in [0.1, 0.15) is 6.10 Å². The number of azo groups is 1. The van der Waals surface area contributed by atoms with Crippen molar-refractivity contribution in [2.75, 3.05) is 6.54 Å². The Bertz CT molecular complexity index is 290. The first-order valence-corrected chi connectivity index (χ1v) is 5.78. The number of carbonyl (C=O) groups is 1. The van der Waals surface area contributed by atoms with E-state index in [0.717, 1.165) is 12.8 Å². The number of hydrogen-bond donors (Lipinski definition) is 0. The Morgan fingerprint density at radius 3 is 3.07 bits per heavy atom. The maximum atomic E-state index is 11.6. The number of unbranched alkanes of at least 4 members (excludes halogenated alkanes) is 2. The molecule has 2 aliphatic heterocycles. The normalized spacial score (nSPS) is 38.1. The number of esters is 1. The van der Waals surface area contributed by atoms with Crippen molar-refractivity contribution >= 4 is 5.97 Å². The van der Waals surface area contributed by atoms with Gasteiger partial charge in [0, 0.05) is 0 Å². The summed E-state index contributed by atoms with van der Waals surface area (Å²) >= 11 is 0. The average Bonchev–Trinajstić information content (AvgIpc) is 2.68. The molecule has 0 N–H and O–H groups in total. The number of hydrogen-bond acceptors (Lipinski definition) is 4. The van der Waals surface area contributed by atoms with E-state index in [0.29, 0.717) is 6.54 Å². The highest BCUT2D eigenvalue weighted by molar-refractivity contribution is 5.83. The predicted molar refractivity (Wildman–Crippen MR) is 55.6 cm³/mol. The van der Waals surface area contributed by atoms with Gasteiger partial charge in [0.15, 0.2) is 5.54 Å². The summed E-state index contributed by atoms with van der Waals surface area (Å²) in [5.74, 6) is -0.00268. The fourth-order valence-electron chi connectivity index (χ4n) is 2.39. The summed E-state index contributed by atoms with van der Waals surface area (Å²) in [5, 5.41) is 8.03. The summed E-state index contributed by atoms with van der Waals surface area (Å²) in [6.45, 7) is 4.67. The van der Waals surface area contributed by atoms with Gasteiger partial charge >= 0.3 is 5.97 Å². The Labute approximate surface area is 90.1 Å². The zero-order valence-corrected chi connectivity index (χ0v) is 9.40. The smallest absolute Gasteiger partial charge is 0.336 e. The topological polar surface area (TPSA) is 51.0 Å². The SMILES string of the molecule is CCCCC[C@H]1OC(=O)[C@]2(C)N=NC[C@H]12. The van der Waals surface area contributed by atoms with Crippen LogP contribution in [0.15, 0.2) is 10.2 Å². The van der Waals surface area contributed by atoms with E-state index in [4.69, 9.17) is 4.74 Å². The van der Waals surface area contributed by atoms with Gasteiger partial charge in [-0.05, 0) is 19.8 Å². The van der Waals surface area contributed by atoms with E-state index in [1.54, 1.807) is 0 Å². The molecule has 3 atom stereocenters. The van der Waals surface area contributed by atoms with Gasteiger partial charge in [0.05, 0.1) is 12.5 Å². The van der Waals surface area contributed by atoms with Crippen LogP contribution in [0.2, 0.25) is 0 Å². The zero-order valence-electron chi connectivity index (χ0n) is 9.40. The molecule has 0 spiro atoms. The van der Waals surface area contributed by atoms with E-state index >= 15 is 0 Å². The average molecular weight is 210 g/mol. The first kappa shape index (κ1) is 10.6. The molecule has 0 aliphatic carbocycles. The standard InChI is InChI=1S/C11H18N2O2/c1-3-4-5-6-9-8-7-12-13-11(8,2)10(14)15-9/h8-9H,3-7H2,1-2H3/t8-,9-,11-/m1/s1. The van der Waals surface area contributed by atoms with E-state index in [9.17, 15) is 4.79 Å². The van der Waals surface area contributed by atoms with Crippen LogP contribution in [0.4, 0.5) is 0 Å². The molecule has 0 amide bonds. The Kier molecular flexibility index (Phi) is 2.76. The largest absolute Gasteiger partial charge is 0.460 e. The van der Waals surface area contributed by atoms with Gasteiger partial charge in [0.25, 0.3) is 0 Å². The van der Waals surface area contributed by atoms with Crippen LogP contribution in [0.25, 0.3) is 0 Å². The second-order valence-electron chi connectivity index (χ2n) is 4.62. The molecule has 0 bridgehead atoms. The van der Waals surface area contributed by atoms with Crippen molar-refractivity contribution in [2.45, 2.75) is 51.2 Å². The summed E-state index contributed by atoms with van der Waals surface area (Å²) in [6.07, 6.45) is 4.53. The number of nitrogens with zero attached hydrogens (tertiary/aromatic N) is 2. The first-order chi connectivity index (χ1) is 7.18. The highest BCUT2D eigenvalue weighted by Crippen LogP contribution is 2.41. The number of carbonyl (C=O) groups excluding carboxylic acids is 1. The lowest BCUT2D eigenvalue weighted by molar-refractivity contribution is -0.145. The second kappa shape index (κ2) is 3.91. The molecule has 4 nitrogen and oxygen atoms in total. The molecular weight excluding hydrogens is 192 g/mol. The fourth-order valence-corrected chi connectivity index (χ4v) is 2.39. The van der Waals surface area contributed by atoms with Gasteiger partial charge in [-0.25, -0.2) is 4.79 Å². The fraction of sp³-hybridized carbons (Fsp3) is 0.909. The van der Waals surface area contributed by atoms with Crippen LogP contribution in [0, 0.1) is 5.92 Å². The van der Waals surface area contributed by atoms with Gasteiger partial charge in [-0.1, -0.05) is 19.8 Å². The van der Waals surface area contributed by atoms with Crippen molar-refractivity contribution in [3.8, 4) is 0 Å². The minimum atomic E-state index is -0.670. The molecular formula is C11H18N2O2. The lowest BCUT2D eigenvalue weighted by atomic mass is 9.84. The lowest BCUT2D eigenvalue weighted by Gasteiger charge is -2.16. The molecule has 2 rings (SSSR count). The van der Waals surface area contributed by atoms with E-state index in [-0.39, 0.29) is 18.0 Å². The van der Waals surface area contributed by atoms with Crippen LogP contribution < -0.4 is 0 Å². The molecule has 0 aromatic rings. The third-order valence-electron chi connectivity index (χ3n) is 3.49. The van der Waals surface area contributed by atoms with Crippen LogP contribution in [0.1, 0.15) is 39.5 Å². The van der Waals surface area contributed by atoms with Crippen LogP contribution in [0.5, 0.6) is 0 Å².